The molecule has 0 radical (unpaired) electrons. The van der Waals surface area contributed by atoms with E-state index < -0.39 is 17.8 Å². The Morgan fingerprint density at radius 1 is 1.36 bits per heavy atom. The molecule has 0 heterocycles. The van der Waals surface area contributed by atoms with Gasteiger partial charge in [-0.3, -0.25) is 4.79 Å². The smallest absolute Gasteiger partial charge is 0.335 e. The topological polar surface area (TPSA) is 98.9 Å². The van der Waals surface area contributed by atoms with Gasteiger partial charge in [0.05, 0.1) is 31.6 Å². The first-order chi connectivity index (χ1) is 10.5. The van der Waals surface area contributed by atoms with Gasteiger partial charge in [0.15, 0.2) is 5.78 Å². The van der Waals surface area contributed by atoms with Crippen LogP contribution in [0, 0.1) is 12.3 Å². The van der Waals surface area contributed by atoms with Crippen molar-refractivity contribution in [3.05, 3.63) is 23.3 Å². The minimum absolute atomic E-state index is 0.0412. The monoisotopic (exact) mass is 323 g/mol. The third-order valence-electron chi connectivity index (χ3n) is 2.82. The number of carboxylic acids is 1. The second-order valence-electron chi connectivity index (χ2n) is 4.25. The third kappa shape index (κ3) is 4.16. The second kappa shape index (κ2) is 8.32. The van der Waals surface area contributed by atoms with E-state index in [1.807, 2.05) is 0 Å². The molecule has 0 saturated heterocycles. The Balaban J connectivity index is 3.19. The number of aromatic carboxylic acids is 1. The summed E-state index contributed by atoms with van der Waals surface area (Å²) in [6.07, 6.45) is 5.15. The highest BCUT2D eigenvalue weighted by Crippen LogP contribution is 2.32. The van der Waals surface area contributed by atoms with E-state index in [9.17, 15) is 9.59 Å². The number of carbonyl (C=O) groups is 2. The standard InChI is InChI=1S/C15H17NO5S/c1-4-5-22-8-10(16)14(17)13-11(20-2)6-9(15(18)19)7-12(13)21-3/h1,6-7,10H,5,8,16H2,2-3H3,(H,18,19). The molecule has 0 aliphatic carbocycles. The van der Waals surface area contributed by atoms with E-state index in [-0.39, 0.29) is 22.6 Å². The average Bonchev–Trinajstić information content (AvgIpc) is 2.52. The lowest BCUT2D eigenvalue weighted by molar-refractivity contribution is 0.0695. The van der Waals surface area contributed by atoms with E-state index >= 15 is 0 Å². The van der Waals surface area contributed by atoms with E-state index in [1.54, 1.807) is 0 Å². The van der Waals surface area contributed by atoms with E-state index in [2.05, 4.69) is 5.92 Å². The molecule has 0 aromatic heterocycles. The summed E-state index contributed by atoms with van der Waals surface area (Å²) >= 11 is 1.36. The van der Waals surface area contributed by atoms with Crippen LogP contribution in [0.15, 0.2) is 12.1 Å². The van der Waals surface area contributed by atoms with E-state index in [4.69, 9.17) is 26.7 Å². The van der Waals surface area contributed by atoms with Gasteiger partial charge in [-0.15, -0.1) is 18.2 Å². The number of carboxylic acid groups (broad SMARTS) is 1. The summed E-state index contributed by atoms with van der Waals surface area (Å²) in [5.41, 5.74) is 5.96. The molecule has 0 fully saturated rings. The highest BCUT2D eigenvalue weighted by atomic mass is 32.2. The minimum Gasteiger partial charge on any atom is -0.496 e. The molecule has 0 aliphatic rings. The zero-order chi connectivity index (χ0) is 16.7. The number of ether oxygens (including phenoxy) is 2. The molecule has 1 aromatic carbocycles. The summed E-state index contributed by atoms with van der Waals surface area (Å²) in [5, 5.41) is 9.06. The van der Waals surface area contributed by atoms with Crippen molar-refractivity contribution in [3.8, 4) is 23.8 Å². The Hall–Kier alpha value is -2.17. The number of thioether (sulfide) groups is 1. The predicted molar refractivity (Wildman–Crippen MR) is 85.0 cm³/mol. The van der Waals surface area contributed by atoms with E-state index in [0.29, 0.717) is 11.5 Å². The molecule has 0 saturated carbocycles. The molecule has 1 unspecified atom stereocenters. The highest BCUT2D eigenvalue weighted by Gasteiger charge is 2.25. The molecule has 0 bridgehead atoms. The molecule has 7 heteroatoms. The maximum Gasteiger partial charge on any atom is 0.335 e. The number of hydrogen-bond acceptors (Lipinski definition) is 6. The summed E-state index contributed by atoms with van der Waals surface area (Å²) in [7, 11) is 2.69. The van der Waals surface area contributed by atoms with Crippen molar-refractivity contribution in [2.24, 2.45) is 5.73 Å². The molecule has 3 N–H and O–H groups in total. The first-order valence-corrected chi connectivity index (χ1v) is 7.42. The number of Topliss-reactive ketones (excluding diaryl/α,β-unsaturated/α-hetero) is 1. The molecule has 1 rings (SSSR count). The molecule has 1 aromatic rings. The molecular formula is C15H17NO5S. The molecule has 1 atom stereocenters. The van der Waals surface area contributed by atoms with Crippen LogP contribution in [-0.4, -0.2) is 48.6 Å². The number of hydrogen-bond donors (Lipinski definition) is 2. The van der Waals surface area contributed by atoms with Gasteiger partial charge in [-0.1, -0.05) is 5.92 Å². The SMILES string of the molecule is C#CCSCC(N)C(=O)c1c(OC)cc(C(=O)O)cc1OC. The van der Waals surface area contributed by atoms with E-state index in [0.717, 1.165) is 0 Å². The molecular weight excluding hydrogens is 306 g/mol. The number of terminal acetylenes is 1. The van der Waals surface area contributed by atoms with Gasteiger partial charge in [0.2, 0.25) is 0 Å². The van der Waals surface area contributed by atoms with Gasteiger partial charge >= 0.3 is 5.97 Å². The molecule has 6 nitrogen and oxygen atoms in total. The van der Waals surface area contributed by atoms with Gasteiger partial charge in [0, 0.05) is 5.75 Å². The summed E-state index contributed by atoms with van der Waals surface area (Å²) in [6.45, 7) is 0. The van der Waals surface area contributed by atoms with E-state index in [1.165, 1.54) is 38.1 Å². The first kappa shape index (κ1) is 17.9. The molecule has 0 amide bonds. The summed E-state index contributed by atoms with van der Waals surface area (Å²) in [4.78, 5) is 23.6. The van der Waals surface area contributed by atoms with Crippen LogP contribution in [0.25, 0.3) is 0 Å². The second-order valence-corrected chi connectivity index (χ2v) is 5.28. The lowest BCUT2D eigenvalue weighted by Gasteiger charge is -2.16. The lowest BCUT2D eigenvalue weighted by Crippen LogP contribution is -2.33. The van der Waals surface area contributed by atoms with Gasteiger partial charge in [-0.2, -0.15) is 0 Å². The van der Waals surface area contributed by atoms with Crippen LogP contribution >= 0.6 is 11.8 Å². The fourth-order valence-corrected chi connectivity index (χ4v) is 2.43. The number of benzene rings is 1. The fourth-order valence-electron chi connectivity index (χ4n) is 1.78. The third-order valence-corrected chi connectivity index (χ3v) is 3.78. The largest absolute Gasteiger partial charge is 0.496 e. The van der Waals surface area contributed by atoms with Gasteiger partial charge in [0.1, 0.15) is 17.1 Å². The number of rotatable bonds is 8. The lowest BCUT2D eigenvalue weighted by atomic mass is 10.0. The van der Waals surface area contributed by atoms with Crippen LogP contribution in [0.4, 0.5) is 0 Å². The van der Waals surface area contributed by atoms with Crippen LogP contribution in [0.3, 0.4) is 0 Å². The number of ketones is 1. The van der Waals surface area contributed by atoms with Crippen molar-refractivity contribution in [2.45, 2.75) is 6.04 Å². The quantitative estimate of drug-likeness (QED) is 0.422. The summed E-state index contributed by atoms with van der Waals surface area (Å²) in [5.74, 6) is 1.92. The fraction of sp³-hybridized carbons (Fsp3) is 0.333. The summed E-state index contributed by atoms with van der Waals surface area (Å²) in [6, 6.07) is 1.73. The van der Waals surface area contributed by atoms with Gasteiger partial charge in [-0.25, -0.2) is 4.79 Å². The Kier molecular flexibility index (Phi) is 6.76. The Labute approximate surface area is 133 Å². The van der Waals surface area contributed by atoms with Crippen molar-refractivity contribution in [1.82, 2.24) is 0 Å². The van der Waals surface area contributed by atoms with Crippen LogP contribution in [0.5, 0.6) is 11.5 Å². The zero-order valence-corrected chi connectivity index (χ0v) is 13.1. The average molecular weight is 323 g/mol. The van der Waals surface area contributed by atoms with Gasteiger partial charge in [-0.05, 0) is 12.1 Å². The number of methoxy groups -OCH3 is 2. The van der Waals surface area contributed by atoms with Crippen molar-refractivity contribution in [2.75, 3.05) is 25.7 Å². The maximum absolute atomic E-state index is 12.5. The highest BCUT2D eigenvalue weighted by molar-refractivity contribution is 7.99. The Morgan fingerprint density at radius 3 is 2.32 bits per heavy atom. The molecule has 118 valence electrons. The number of nitrogens with two attached hydrogens (primary N) is 1. The van der Waals surface area contributed by atoms with Crippen molar-refractivity contribution in [1.29, 1.82) is 0 Å². The Bertz CT molecular complexity index is 583. The molecule has 22 heavy (non-hydrogen) atoms. The predicted octanol–water partition coefficient (Wildman–Crippen LogP) is 1.28. The van der Waals surface area contributed by atoms with Crippen LogP contribution in [-0.2, 0) is 0 Å². The Morgan fingerprint density at radius 2 is 1.91 bits per heavy atom. The maximum atomic E-state index is 12.5. The molecule has 0 aliphatic heterocycles. The van der Waals surface area contributed by atoms with Gasteiger partial charge in [0.25, 0.3) is 0 Å². The van der Waals surface area contributed by atoms with Gasteiger partial charge < -0.3 is 20.3 Å². The number of carbonyl (C=O) groups excluding carboxylic acids is 1. The van der Waals surface area contributed by atoms with Crippen LogP contribution < -0.4 is 15.2 Å². The molecule has 0 spiro atoms. The normalized spacial score (nSPS) is 11.4. The zero-order valence-electron chi connectivity index (χ0n) is 12.3. The van der Waals surface area contributed by atoms with Crippen LogP contribution in [0.2, 0.25) is 0 Å². The van der Waals surface area contributed by atoms with Crippen molar-refractivity contribution in [3.63, 3.8) is 0 Å². The summed E-state index contributed by atoms with van der Waals surface area (Å²) < 4.78 is 10.2. The van der Waals surface area contributed by atoms with Crippen LogP contribution in [0.1, 0.15) is 20.7 Å². The van der Waals surface area contributed by atoms with Crippen molar-refractivity contribution >= 4 is 23.5 Å². The first-order valence-electron chi connectivity index (χ1n) is 6.26. The van der Waals surface area contributed by atoms with Crippen molar-refractivity contribution < 1.29 is 24.2 Å². The minimum atomic E-state index is -1.15.